The summed E-state index contributed by atoms with van der Waals surface area (Å²) in [5.41, 5.74) is 0.976. The number of amides is 1. The van der Waals surface area contributed by atoms with Crippen LogP contribution in [-0.2, 0) is 4.79 Å². The lowest BCUT2D eigenvalue weighted by Crippen LogP contribution is -2.22. The van der Waals surface area contributed by atoms with Crippen molar-refractivity contribution in [2.24, 2.45) is 0 Å². The zero-order valence-corrected chi connectivity index (χ0v) is 14.9. The maximum Gasteiger partial charge on any atom is 0.295 e. The third-order valence-electron chi connectivity index (χ3n) is 2.75. The molecule has 2 aromatic rings. The highest BCUT2D eigenvalue weighted by Gasteiger charge is 2.19. The fourth-order valence-corrected chi connectivity index (χ4v) is 3.60. The van der Waals surface area contributed by atoms with E-state index in [4.69, 9.17) is 4.74 Å². The molecule has 5 nitrogen and oxygen atoms in total. The van der Waals surface area contributed by atoms with Crippen molar-refractivity contribution in [2.45, 2.75) is 43.4 Å². The van der Waals surface area contributed by atoms with E-state index in [1.807, 2.05) is 13.8 Å². The van der Waals surface area contributed by atoms with Crippen LogP contribution in [0.2, 0.25) is 0 Å². The average molecular weight is 355 g/mol. The van der Waals surface area contributed by atoms with Gasteiger partial charge in [0.25, 0.3) is 5.19 Å². The van der Waals surface area contributed by atoms with Gasteiger partial charge >= 0.3 is 0 Å². The lowest BCUT2D eigenvalue weighted by atomic mass is 10.2. The summed E-state index contributed by atoms with van der Waals surface area (Å²) in [7, 11) is 0. The van der Waals surface area contributed by atoms with Gasteiger partial charge in [0, 0.05) is 0 Å². The molecule has 0 radical (unpaired) electrons. The van der Waals surface area contributed by atoms with Crippen molar-refractivity contribution in [3.05, 3.63) is 29.6 Å². The molecule has 1 aromatic heterocycles. The van der Waals surface area contributed by atoms with Gasteiger partial charge in [0.1, 0.15) is 5.82 Å². The highest BCUT2D eigenvalue weighted by atomic mass is 32.2. The van der Waals surface area contributed by atoms with Crippen molar-refractivity contribution in [3.63, 3.8) is 0 Å². The number of carbonyl (C=O) groups excluding carboxylic acids is 1. The minimum absolute atomic E-state index is 0.0195. The molecule has 1 amide bonds. The molecule has 1 unspecified atom stereocenters. The maximum absolute atomic E-state index is 13.8. The lowest BCUT2D eigenvalue weighted by molar-refractivity contribution is -0.115. The van der Waals surface area contributed by atoms with Gasteiger partial charge in [-0.2, -0.15) is 0 Å². The molecule has 1 N–H and O–H groups in total. The Hall–Kier alpha value is -1.67. The first kappa shape index (κ1) is 17.7. The van der Waals surface area contributed by atoms with Gasteiger partial charge in [-0.15, -0.1) is 5.10 Å². The molecule has 0 saturated heterocycles. The highest BCUT2D eigenvalue weighted by Crippen LogP contribution is 2.31. The van der Waals surface area contributed by atoms with E-state index in [2.05, 4.69) is 15.5 Å². The maximum atomic E-state index is 13.8. The number of benzene rings is 1. The summed E-state index contributed by atoms with van der Waals surface area (Å²) in [5, 5.41) is 10.5. The van der Waals surface area contributed by atoms with Crippen LogP contribution in [0.3, 0.4) is 0 Å². The summed E-state index contributed by atoms with van der Waals surface area (Å²) in [6.07, 6.45) is 0.0195. The molecule has 8 heteroatoms. The average Bonchev–Trinajstić information content (AvgIpc) is 2.88. The molecule has 2 rings (SSSR count). The van der Waals surface area contributed by atoms with Crippen LogP contribution >= 0.6 is 23.1 Å². The third-order valence-corrected chi connectivity index (χ3v) is 4.75. The van der Waals surface area contributed by atoms with E-state index >= 15 is 0 Å². The predicted octanol–water partition coefficient (Wildman–Crippen LogP) is 3.89. The first-order chi connectivity index (χ1) is 10.8. The first-order valence-corrected chi connectivity index (χ1v) is 8.78. The molecule has 23 heavy (non-hydrogen) atoms. The molecule has 0 aliphatic rings. The van der Waals surface area contributed by atoms with Crippen molar-refractivity contribution in [1.82, 2.24) is 10.2 Å². The molecular weight excluding hydrogens is 337 g/mol. The summed E-state index contributed by atoms with van der Waals surface area (Å²) < 4.78 is 19.8. The van der Waals surface area contributed by atoms with E-state index in [9.17, 15) is 9.18 Å². The third kappa shape index (κ3) is 5.18. The van der Waals surface area contributed by atoms with Gasteiger partial charge in [0.15, 0.2) is 4.34 Å². The summed E-state index contributed by atoms with van der Waals surface area (Å²) >= 11 is 2.54. The Kier molecular flexibility index (Phi) is 5.95. The molecule has 1 atom stereocenters. The van der Waals surface area contributed by atoms with Gasteiger partial charge in [0.05, 0.1) is 17.0 Å². The molecule has 0 spiro atoms. The molecule has 0 aliphatic heterocycles. The van der Waals surface area contributed by atoms with E-state index < -0.39 is 11.1 Å². The Morgan fingerprint density at radius 1 is 1.35 bits per heavy atom. The fraction of sp³-hybridized carbons (Fsp3) is 0.400. The quantitative estimate of drug-likeness (QED) is 0.797. The van der Waals surface area contributed by atoms with Gasteiger partial charge in [-0.05, 0) is 56.7 Å². The molecule has 0 saturated carbocycles. The van der Waals surface area contributed by atoms with Gasteiger partial charge in [-0.25, -0.2) is 4.39 Å². The van der Waals surface area contributed by atoms with E-state index in [-0.39, 0.29) is 17.7 Å². The van der Waals surface area contributed by atoms with E-state index in [1.54, 1.807) is 26.0 Å². The summed E-state index contributed by atoms with van der Waals surface area (Å²) in [6.45, 7) is 7.33. The summed E-state index contributed by atoms with van der Waals surface area (Å²) in [5.74, 6) is -0.738. The molecular formula is C15H18FN3O2S2. The van der Waals surface area contributed by atoms with Gasteiger partial charge in [-0.1, -0.05) is 22.9 Å². The van der Waals surface area contributed by atoms with Crippen LogP contribution in [0.25, 0.3) is 0 Å². The molecule has 124 valence electrons. The zero-order valence-electron chi connectivity index (χ0n) is 13.3. The Morgan fingerprint density at radius 2 is 2.09 bits per heavy atom. The number of carbonyl (C=O) groups is 1. The largest absolute Gasteiger partial charge is 0.466 e. The van der Waals surface area contributed by atoms with Crippen LogP contribution in [0.1, 0.15) is 26.3 Å². The van der Waals surface area contributed by atoms with Crippen molar-refractivity contribution < 1.29 is 13.9 Å². The number of anilines is 1. The minimum atomic E-state index is -0.445. The van der Waals surface area contributed by atoms with E-state index in [1.165, 1.54) is 29.2 Å². The second kappa shape index (κ2) is 7.74. The van der Waals surface area contributed by atoms with Crippen molar-refractivity contribution in [3.8, 4) is 5.19 Å². The highest BCUT2D eigenvalue weighted by molar-refractivity contribution is 8.02. The number of rotatable bonds is 6. The number of ether oxygens (including phenoxy) is 1. The van der Waals surface area contributed by atoms with Gasteiger partial charge in [-0.3, -0.25) is 4.79 Å². The van der Waals surface area contributed by atoms with Crippen LogP contribution in [0.5, 0.6) is 5.19 Å². The Bertz CT molecular complexity index is 691. The lowest BCUT2D eigenvalue weighted by Gasteiger charge is -2.11. The van der Waals surface area contributed by atoms with Crippen LogP contribution in [-0.4, -0.2) is 27.5 Å². The van der Waals surface area contributed by atoms with Gasteiger partial charge in [0.2, 0.25) is 5.91 Å². The summed E-state index contributed by atoms with van der Waals surface area (Å²) in [6, 6.07) is 4.68. The predicted molar refractivity (Wildman–Crippen MR) is 90.8 cm³/mol. The SMILES string of the molecule is Cc1ccc(NC(=O)C(C)Sc2nnc(OC(C)C)s2)c(F)c1. The molecule has 0 bridgehead atoms. The van der Waals surface area contributed by atoms with Crippen molar-refractivity contribution >= 4 is 34.7 Å². The number of thioether (sulfide) groups is 1. The van der Waals surface area contributed by atoms with Crippen molar-refractivity contribution in [2.75, 3.05) is 5.32 Å². The molecule has 1 heterocycles. The van der Waals surface area contributed by atoms with Crippen LogP contribution in [0.15, 0.2) is 22.5 Å². The number of hydrogen-bond acceptors (Lipinski definition) is 6. The van der Waals surface area contributed by atoms with Crippen LogP contribution < -0.4 is 10.1 Å². The van der Waals surface area contributed by atoms with Crippen LogP contribution in [0, 0.1) is 12.7 Å². The van der Waals surface area contributed by atoms with Crippen LogP contribution in [0.4, 0.5) is 10.1 Å². The standard InChI is InChI=1S/C15H18FN3O2S2/c1-8(2)21-14-18-19-15(23-14)22-10(4)13(20)17-12-6-5-9(3)7-11(12)16/h5-8,10H,1-4H3,(H,17,20). The number of aryl methyl sites for hydroxylation is 1. The molecule has 0 fully saturated rings. The number of halogens is 1. The Morgan fingerprint density at radius 3 is 2.74 bits per heavy atom. The normalized spacial score (nSPS) is 12.3. The first-order valence-electron chi connectivity index (χ1n) is 7.09. The topological polar surface area (TPSA) is 64.1 Å². The zero-order chi connectivity index (χ0) is 17.0. The smallest absolute Gasteiger partial charge is 0.295 e. The molecule has 0 aliphatic carbocycles. The van der Waals surface area contributed by atoms with Gasteiger partial charge < -0.3 is 10.1 Å². The van der Waals surface area contributed by atoms with Crippen molar-refractivity contribution in [1.29, 1.82) is 0 Å². The number of aromatic nitrogens is 2. The second-order valence-corrected chi connectivity index (χ2v) is 7.76. The number of hydrogen-bond donors (Lipinski definition) is 1. The number of nitrogens with zero attached hydrogens (tertiary/aromatic N) is 2. The second-order valence-electron chi connectivity index (χ2n) is 5.23. The monoisotopic (exact) mass is 355 g/mol. The fourth-order valence-electron chi connectivity index (χ4n) is 1.65. The van der Waals surface area contributed by atoms with E-state index in [0.29, 0.717) is 9.53 Å². The minimum Gasteiger partial charge on any atom is -0.466 e. The van der Waals surface area contributed by atoms with E-state index in [0.717, 1.165) is 5.56 Å². The molecule has 1 aromatic carbocycles. The Balaban J connectivity index is 1.95. The summed E-state index contributed by atoms with van der Waals surface area (Å²) in [4.78, 5) is 12.2. The number of nitrogens with one attached hydrogen (secondary N) is 1. The Labute approximate surface area is 142 Å².